The van der Waals surface area contributed by atoms with Crippen molar-refractivity contribution < 1.29 is 9.50 Å². The molecule has 0 radical (unpaired) electrons. The summed E-state index contributed by atoms with van der Waals surface area (Å²) in [5.41, 5.74) is 2.19. The molecule has 19 heavy (non-hydrogen) atoms. The Morgan fingerprint density at radius 2 is 2.11 bits per heavy atom. The van der Waals surface area contributed by atoms with Gasteiger partial charge in [0.25, 0.3) is 0 Å². The number of halogens is 1. The van der Waals surface area contributed by atoms with Gasteiger partial charge in [0.1, 0.15) is 11.5 Å². The van der Waals surface area contributed by atoms with Crippen molar-refractivity contribution in [3.05, 3.63) is 47.0 Å². The highest BCUT2D eigenvalue weighted by Gasteiger charge is 2.27. The van der Waals surface area contributed by atoms with Gasteiger partial charge in [-0.25, -0.2) is 9.07 Å². The van der Waals surface area contributed by atoms with Crippen LogP contribution in [0.4, 0.5) is 4.39 Å². The predicted molar refractivity (Wildman–Crippen MR) is 68.0 cm³/mol. The zero-order valence-corrected chi connectivity index (χ0v) is 10.6. The first-order chi connectivity index (χ1) is 9.29. The van der Waals surface area contributed by atoms with Crippen molar-refractivity contribution in [1.82, 2.24) is 15.0 Å². The summed E-state index contributed by atoms with van der Waals surface area (Å²) in [5, 5.41) is 17.4. The maximum absolute atomic E-state index is 13.7. The van der Waals surface area contributed by atoms with E-state index in [2.05, 4.69) is 10.3 Å². The van der Waals surface area contributed by atoms with Crippen LogP contribution in [-0.2, 0) is 13.2 Å². The second-order valence-corrected chi connectivity index (χ2v) is 4.96. The Bertz CT molecular complexity index is 578. The third-order valence-corrected chi connectivity index (χ3v) is 3.77. The van der Waals surface area contributed by atoms with Gasteiger partial charge in [0, 0.05) is 11.5 Å². The minimum atomic E-state index is -0.233. The molecule has 1 aromatic heterocycles. The summed E-state index contributed by atoms with van der Waals surface area (Å²) in [7, 11) is 0. The van der Waals surface area contributed by atoms with E-state index in [4.69, 9.17) is 0 Å². The first-order valence-corrected chi connectivity index (χ1v) is 6.56. The average molecular weight is 261 g/mol. The molecule has 0 atom stereocenters. The maximum Gasteiger partial charge on any atom is 0.128 e. The zero-order valence-electron chi connectivity index (χ0n) is 10.6. The molecule has 1 aliphatic carbocycles. The molecule has 0 unspecified atom stereocenters. The third-order valence-electron chi connectivity index (χ3n) is 3.77. The molecule has 0 saturated heterocycles. The first-order valence-electron chi connectivity index (χ1n) is 6.56. The van der Waals surface area contributed by atoms with E-state index >= 15 is 0 Å². The van der Waals surface area contributed by atoms with Gasteiger partial charge in [-0.15, -0.1) is 5.10 Å². The number of nitrogens with zero attached hydrogens (tertiary/aromatic N) is 3. The zero-order chi connectivity index (χ0) is 13.2. The second kappa shape index (κ2) is 5.09. The van der Waals surface area contributed by atoms with E-state index in [9.17, 15) is 9.50 Å². The first kappa shape index (κ1) is 12.3. The van der Waals surface area contributed by atoms with E-state index in [1.54, 1.807) is 16.8 Å². The van der Waals surface area contributed by atoms with Crippen LogP contribution in [0, 0.1) is 5.82 Å². The van der Waals surface area contributed by atoms with Crippen molar-refractivity contribution in [2.24, 2.45) is 0 Å². The third kappa shape index (κ3) is 2.26. The van der Waals surface area contributed by atoms with Crippen LogP contribution < -0.4 is 0 Å². The molecule has 1 N–H and O–H groups in total. The molecule has 2 aromatic rings. The Balaban J connectivity index is 1.92. The number of hydrogen-bond donors (Lipinski definition) is 1. The summed E-state index contributed by atoms with van der Waals surface area (Å²) in [6, 6.07) is 6.68. The molecule has 1 saturated carbocycles. The lowest BCUT2D eigenvalue weighted by molar-refractivity contribution is 0.271. The highest BCUT2D eigenvalue weighted by Crippen LogP contribution is 2.37. The standard InChI is InChI=1S/C14H16FN3O/c15-12-7-2-1-4-11(12)8-18-14(10-5-3-6-10)13(9-19)16-17-18/h1-2,4,7,10,19H,3,5-6,8-9H2. The van der Waals surface area contributed by atoms with Crippen molar-refractivity contribution in [3.8, 4) is 0 Å². The SMILES string of the molecule is OCc1nnn(Cc2ccccc2F)c1C1CCC1. The highest BCUT2D eigenvalue weighted by atomic mass is 19.1. The fourth-order valence-corrected chi connectivity index (χ4v) is 2.50. The fraction of sp³-hybridized carbons (Fsp3) is 0.429. The lowest BCUT2D eigenvalue weighted by Gasteiger charge is -2.26. The number of hydrogen-bond acceptors (Lipinski definition) is 3. The number of rotatable bonds is 4. The quantitative estimate of drug-likeness (QED) is 0.918. The van der Waals surface area contributed by atoms with Crippen LogP contribution in [0.1, 0.15) is 42.1 Å². The number of aliphatic hydroxyl groups excluding tert-OH is 1. The molecule has 0 bridgehead atoms. The minimum Gasteiger partial charge on any atom is -0.390 e. The Morgan fingerprint density at radius 1 is 1.32 bits per heavy atom. The van der Waals surface area contributed by atoms with Crippen LogP contribution in [-0.4, -0.2) is 20.1 Å². The lowest BCUT2D eigenvalue weighted by Crippen LogP contribution is -2.17. The molecule has 0 amide bonds. The molecule has 1 aliphatic rings. The Kier molecular flexibility index (Phi) is 3.29. The van der Waals surface area contributed by atoms with E-state index in [0.29, 0.717) is 23.7 Å². The Hall–Kier alpha value is -1.75. The molecule has 0 aliphatic heterocycles. The van der Waals surface area contributed by atoms with E-state index in [-0.39, 0.29) is 12.4 Å². The van der Waals surface area contributed by atoms with Crippen LogP contribution in [0.15, 0.2) is 24.3 Å². The average Bonchev–Trinajstić information content (AvgIpc) is 2.73. The number of benzene rings is 1. The largest absolute Gasteiger partial charge is 0.390 e. The van der Waals surface area contributed by atoms with E-state index in [1.807, 2.05) is 6.07 Å². The van der Waals surface area contributed by atoms with Crippen molar-refractivity contribution in [1.29, 1.82) is 0 Å². The van der Waals surface area contributed by atoms with Gasteiger partial charge in [0.15, 0.2) is 0 Å². The van der Waals surface area contributed by atoms with Crippen LogP contribution in [0.5, 0.6) is 0 Å². The van der Waals surface area contributed by atoms with Crippen LogP contribution in [0.2, 0.25) is 0 Å². The molecule has 0 spiro atoms. The minimum absolute atomic E-state index is 0.108. The van der Waals surface area contributed by atoms with E-state index in [0.717, 1.165) is 18.5 Å². The van der Waals surface area contributed by atoms with Gasteiger partial charge in [-0.3, -0.25) is 0 Å². The summed E-state index contributed by atoms with van der Waals surface area (Å²) in [6.07, 6.45) is 3.38. The van der Waals surface area contributed by atoms with Crippen molar-refractivity contribution >= 4 is 0 Å². The molecule has 1 fully saturated rings. The molecule has 100 valence electrons. The molecular weight excluding hydrogens is 245 g/mol. The Labute approximate surface area is 110 Å². The maximum atomic E-state index is 13.7. The lowest BCUT2D eigenvalue weighted by atomic mass is 9.82. The molecule has 3 rings (SSSR count). The van der Waals surface area contributed by atoms with Gasteiger partial charge >= 0.3 is 0 Å². The highest BCUT2D eigenvalue weighted by molar-refractivity contribution is 5.22. The molecule has 4 nitrogen and oxygen atoms in total. The van der Waals surface area contributed by atoms with E-state index < -0.39 is 0 Å². The van der Waals surface area contributed by atoms with Crippen LogP contribution in [0.3, 0.4) is 0 Å². The van der Waals surface area contributed by atoms with E-state index in [1.165, 1.54) is 12.5 Å². The number of aliphatic hydroxyl groups is 1. The van der Waals surface area contributed by atoms with Gasteiger partial charge in [0.05, 0.1) is 18.8 Å². The van der Waals surface area contributed by atoms with Gasteiger partial charge in [-0.2, -0.15) is 0 Å². The monoisotopic (exact) mass is 261 g/mol. The molecule has 1 heterocycles. The van der Waals surface area contributed by atoms with Gasteiger partial charge in [-0.05, 0) is 18.9 Å². The fourth-order valence-electron chi connectivity index (χ4n) is 2.50. The predicted octanol–water partition coefficient (Wildman–Crippen LogP) is 2.23. The Morgan fingerprint density at radius 3 is 2.74 bits per heavy atom. The second-order valence-electron chi connectivity index (χ2n) is 4.96. The van der Waals surface area contributed by atoms with Gasteiger partial charge in [-0.1, -0.05) is 29.8 Å². The summed E-state index contributed by atoms with van der Waals surface area (Å²) in [6.45, 7) is 0.259. The molecule has 5 heteroatoms. The summed E-state index contributed by atoms with van der Waals surface area (Å²) >= 11 is 0. The normalized spacial score (nSPS) is 15.5. The smallest absolute Gasteiger partial charge is 0.128 e. The van der Waals surface area contributed by atoms with Crippen molar-refractivity contribution in [2.45, 2.75) is 38.3 Å². The van der Waals surface area contributed by atoms with Gasteiger partial charge < -0.3 is 5.11 Å². The number of aromatic nitrogens is 3. The van der Waals surface area contributed by atoms with Crippen molar-refractivity contribution in [2.75, 3.05) is 0 Å². The van der Waals surface area contributed by atoms with Crippen LogP contribution >= 0.6 is 0 Å². The summed E-state index contributed by atoms with van der Waals surface area (Å²) in [4.78, 5) is 0. The molecule has 1 aromatic carbocycles. The summed E-state index contributed by atoms with van der Waals surface area (Å²) < 4.78 is 15.4. The molecular formula is C14H16FN3O. The topological polar surface area (TPSA) is 50.9 Å². The van der Waals surface area contributed by atoms with Crippen LogP contribution in [0.25, 0.3) is 0 Å². The summed E-state index contributed by atoms with van der Waals surface area (Å²) in [5.74, 6) is 0.173. The van der Waals surface area contributed by atoms with Gasteiger partial charge in [0.2, 0.25) is 0 Å². The van der Waals surface area contributed by atoms with Crippen molar-refractivity contribution in [3.63, 3.8) is 0 Å².